The molecule has 1 aliphatic rings. The number of nitrogens with one attached hydrogen (secondary N) is 1. The second-order valence-corrected chi connectivity index (χ2v) is 15.3. The van der Waals surface area contributed by atoms with Crippen LogP contribution in [0.2, 0.25) is 0 Å². The molecule has 1 saturated heterocycles. The molecule has 4 atom stereocenters. The molecule has 0 aliphatic carbocycles. The molecule has 1 fully saturated rings. The highest BCUT2D eigenvalue weighted by Gasteiger charge is 2.51. The predicted molar refractivity (Wildman–Crippen MR) is 240 cm³/mol. The first-order valence-electron chi connectivity index (χ1n) is 20.0. The fourth-order valence-corrected chi connectivity index (χ4v) is 8.48. The summed E-state index contributed by atoms with van der Waals surface area (Å²) < 4.78 is 38.4. The first-order chi connectivity index (χ1) is 30.5. The molecule has 1 N–H and O–H groups in total. The number of benzene rings is 4. The van der Waals surface area contributed by atoms with E-state index < -0.39 is 29.9 Å². The number of aromatic nitrogens is 7. The van der Waals surface area contributed by atoms with E-state index in [1.54, 1.807) is 53.7 Å². The van der Waals surface area contributed by atoms with E-state index in [1.807, 2.05) is 95.7 Å². The van der Waals surface area contributed by atoms with Crippen LogP contribution in [0.15, 0.2) is 171 Å². The lowest BCUT2D eigenvalue weighted by Gasteiger charge is -2.37. The summed E-state index contributed by atoms with van der Waals surface area (Å²) in [5.74, 6) is 0.390. The van der Waals surface area contributed by atoms with Crippen molar-refractivity contribution in [1.29, 1.82) is 0 Å². The number of methoxy groups -OCH3 is 1. The second-order valence-electron chi connectivity index (χ2n) is 14.6. The summed E-state index contributed by atoms with van der Waals surface area (Å²) in [6.07, 6.45) is 11.8. The Morgan fingerprint density at radius 1 is 0.710 bits per heavy atom. The minimum Gasteiger partial charge on any atom is -0.479 e. The van der Waals surface area contributed by atoms with Crippen LogP contribution in [0.4, 0.5) is 0 Å². The molecule has 0 saturated carbocycles. The van der Waals surface area contributed by atoms with Gasteiger partial charge in [0.25, 0.3) is 10.3 Å². The van der Waals surface area contributed by atoms with Crippen molar-refractivity contribution >= 4 is 45.8 Å². The van der Waals surface area contributed by atoms with Crippen LogP contribution >= 0.6 is 24.4 Å². The van der Waals surface area contributed by atoms with Gasteiger partial charge in [-0.1, -0.05) is 121 Å². The van der Waals surface area contributed by atoms with Gasteiger partial charge in [0.15, 0.2) is 12.2 Å². The Morgan fingerprint density at radius 3 is 1.79 bits per heavy atom. The number of nitrogens with zero attached hydrogens (tertiary/aromatic N) is 7. The summed E-state index contributed by atoms with van der Waals surface area (Å²) in [7, 11) is 1.58. The quantitative estimate of drug-likeness (QED) is 0.0862. The highest BCUT2D eigenvalue weighted by atomic mass is 32.1. The molecule has 62 heavy (non-hydrogen) atoms. The van der Waals surface area contributed by atoms with Crippen LogP contribution in [-0.4, -0.2) is 76.0 Å². The van der Waals surface area contributed by atoms with Crippen LogP contribution in [-0.2, 0) is 37.9 Å². The summed E-state index contributed by atoms with van der Waals surface area (Å²) in [6.45, 7) is 0.707. The van der Waals surface area contributed by atoms with Gasteiger partial charge >= 0.3 is 0 Å². The molecule has 0 unspecified atom stereocenters. The summed E-state index contributed by atoms with van der Waals surface area (Å²) in [5, 5.41) is 4.20. The van der Waals surface area contributed by atoms with Crippen LogP contribution in [0, 0.1) is 0 Å². The van der Waals surface area contributed by atoms with E-state index in [0.29, 0.717) is 23.5 Å². The third kappa shape index (κ3) is 8.23. The molecule has 4 aromatic heterocycles. The van der Waals surface area contributed by atoms with Gasteiger partial charge in [-0.15, -0.1) is 0 Å². The SMILES string of the molecule is COc1ncnc2c([C@@H]3N[C@H](COC(c4ccccc4)(c4ccccc4)c4ccccc4)[C@@H](OC(=S)n4ccnc4)[C@H]3OC(=S)n3ccnc3)cn(COCc3ccccc3)c12. The Labute approximate surface area is 368 Å². The Kier molecular flexibility index (Phi) is 12.2. The van der Waals surface area contributed by atoms with Crippen LogP contribution in [0.25, 0.3) is 11.0 Å². The van der Waals surface area contributed by atoms with Crippen molar-refractivity contribution in [2.24, 2.45) is 0 Å². The van der Waals surface area contributed by atoms with E-state index in [-0.39, 0.29) is 23.7 Å². The zero-order chi connectivity index (χ0) is 42.3. The van der Waals surface area contributed by atoms with Crippen LogP contribution in [0.3, 0.4) is 0 Å². The number of hydrogen-bond donors (Lipinski definition) is 1. The Bertz CT molecular complexity index is 2610. The average molecular weight is 863 g/mol. The first kappa shape index (κ1) is 40.8. The van der Waals surface area contributed by atoms with E-state index >= 15 is 0 Å². The summed E-state index contributed by atoms with van der Waals surface area (Å²) in [4.78, 5) is 17.7. The average Bonchev–Trinajstić information content (AvgIpc) is 4.17. The third-order valence-corrected chi connectivity index (χ3v) is 11.5. The molecule has 15 heteroatoms. The maximum Gasteiger partial charge on any atom is 0.269 e. The van der Waals surface area contributed by atoms with Gasteiger partial charge in [-0.05, 0) is 46.7 Å². The highest BCUT2D eigenvalue weighted by molar-refractivity contribution is 7.80. The van der Waals surface area contributed by atoms with E-state index in [4.69, 9.17) is 53.1 Å². The molecule has 1 aliphatic heterocycles. The van der Waals surface area contributed by atoms with Gasteiger partial charge in [0.2, 0.25) is 5.88 Å². The van der Waals surface area contributed by atoms with Crippen molar-refractivity contribution in [1.82, 2.24) is 39.0 Å². The minimum atomic E-state index is -1.03. The van der Waals surface area contributed by atoms with Crippen molar-refractivity contribution in [3.05, 3.63) is 199 Å². The molecule has 0 amide bonds. The molecule has 0 radical (unpaired) electrons. The fourth-order valence-electron chi connectivity index (χ4n) is 8.05. The zero-order valence-corrected chi connectivity index (χ0v) is 35.2. The molecule has 312 valence electrons. The molecule has 9 rings (SSSR count). The van der Waals surface area contributed by atoms with E-state index in [1.165, 1.54) is 6.33 Å². The van der Waals surface area contributed by atoms with Crippen LogP contribution in [0.5, 0.6) is 5.88 Å². The van der Waals surface area contributed by atoms with Crippen molar-refractivity contribution in [2.75, 3.05) is 13.7 Å². The molecule has 4 aromatic carbocycles. The van der Waals surface area contributed by atoms with Gasteiger partial charge in [0, 0.05) is 36.5 Å². The molecule has 0 spiro atoms. The number of ether oxygens (including phenoxy) is 5. The van der Waals surface area contributed by atoms with Crippen molar-refractivity contribution in [2.45, 2.75) is 43.2 Å². The van der Waals surface area contributed by atoms with Gasteiger partial charge in [-0.25, -0.2) is 15.0 Å². The number of hydrogen-bond acceptors (Lipinski definition) is 12. The lowest BCUT2D eigenvalue weighted by atomic mass is 9.80. The molecular weight excluding hydrogens is 821 g/mol. The van der Waals surface area contributed by atoms with Crippen LogP contribution < -0.4 is 10.1 Å². The first-order valence-corrected chi connectivity index (χ1v) is 20.8. The summed E-state index contributed by atoms with van der Waals surface area (Å²) in [5.41, 5.74) is 4.92. The topological polar surface area (TPSA) is 125 Å². The number of fused-ring (bicyclic) bond motifs is 1. The lowest BCUT2D eigenvalue weighted by Crippen LogP contribution is -2.45. The van der Waals surface area contributed by atoms with Crippen molar-refractivity contribution in [3.63, 3.8) is 0 Å². The maximum atomic E-state index is 7.43. The molecule has 5 heterocycles. The van der Waals surface area contributed by atoms with Gasteiger partial charge in [-0.2, -0.15) is 4.98 Å². The third-order valence-electron chi connectivity index (χ3n) is 10.9. The predicted octanol–water partition coefficient (Wildman–Crippen LogP) is 7.47. The molecule has 0 bridgehead atoms. The summed E-state index contributed by atoms with van der Waals surface area (Å²) >= 11 is 11.9. The monoisotopic (exact) mass is 862 g/mol. The maximum absolute atomic E-state index is 7.43. The standard InChI is InChI=1S/C47H42N8O5S2/c1-56-44-41-39(50-29-51-44)37(26-55(41)32-57-27-33-14-6-2-7-15-33)40-43(60-46(62)54-25-23-49-31-54)42(59-45(61)53-24-22-48-30-53)38(52-40)28-58-47(34-16-8-3-9-17-34,35-18-10-4-11-19-35)36-20-12-5-13-21-36/h2-26,29-31,38,40,42-43,52H,27-28,32H2,1H3/t38-,40+,42-,43+/m1/s1. The zero-order valence-electron chi connectivity index (χ0n) is 33.6. The summed E-state index contributed by atoms with van der Waals surface area (Å²) in [6, 6.07) is 39.5. The Hall–Kier alpha value is -6.62. The van der Waals surface area contributed by atoms with Crippen LogP contribution in [0.1, 0.15) is 33.9 Å². The largest absolute Gasteiger partial charge is 0.479 e. The van der Waals surface area contributed by atoms with Crippen molar-refractivity contribution in [3.8, 4) is 5.88 Å². The number of imidazole rings is 2. The second kappa shape index (κ2) is 18.6. The minimum absolute atomic E-state index is 0.126. The van der Waals surface area contributed by atoms with Gasteiger partial charge < -0.3 is 28.3 Å². The fraction of sp³-hybridized carbons (Fsp3) is 0.191. The van der Waals surface area contributed by atoms with Crippen molar-refractivity contribution < 1.29 is 23.7 Å². The van der Waals surface area contributed by atoms with Gasteiger partial charge in [0.05, 0.1) is 32.4 Å². The number of thiocarbonyl (C=S) groups is 2. The molecule has 13 nitrogen and oxygen atoms in total. The normalized spacial score (nSPS) is 17.5. The van der Waals surface area contributed by atoms with E-state index in [9.17, 15) is 0 Å². The van der Waals surface area contributed by atoms with E-state index in [2.05, 4.69) is 56.7 Å². The van der Waals surface area contributed by atoms with E-state index in [0.717, 1.165) is 27.8 Å². The highest BCUT2D eigenvalue weighted by Crippen LogP contribution is 2.43. The lowest BCUT2D eigenvalue weighted by molar-refractivity contribution is -0.0247. The molecular formula is C47H42N8O5S2. The smallest absolute Gasteiger partial charge is 0.269 e. The Morgan fingerprint density at radius 2 is 1.26 bits per heavy atom. The van der Waals surface area contributed by atoms with Gasteiger partial charge in [-0.3, -0.25) is 14.5 Å². The Balaban J connectivity index is 1.15. The van der Waals surface area contributed by atoms with Gasteiger partial charge in [0.1, 0.15) is 42.3 Å². The number of rotatable bonds is 14. The molecule has 8 aromatic rings.